The number of rotatable bonds is 2. The van der Waals surface area contributed by atoms with Crippen LogP contribution in [0.2, 0.25) is 0 Å². The Kier molecular flexibility index (Phi) is 4.41. The summed E-state index contributed by atoms with van der Waals surface area (Å²) in [5, 5.41) is 0.656. The van der Waals surface area contributed by atoms with Crippen LogP contribution in [0.4, 0.5) is 4.39 Å². The van der Waals surface area contributed by atoms with Crippen LogP contribution in [0.3, 0.4) is 0 Å². The third-order valence-corrected chi connectivity index (χ3v) is 4.19. The van der Waals surface area contributed by atoms with Gasteiger partial charge in [0, 0.05) is 15.2 Å². The lowest BCUT2D eigenvalue weighted by Gasteiger charge is -2.21. The fourth-order valence-electron chi connectivity index (χ4n) is 2.79. The van der Waals surface area contributed by atoms with E-state index in [-0.39, 0.29) is 17.4 Å². The SMILES string of the molecule is CC(C)(C)OC(=O)Cn1c2ccc(F)cc2c(=O)c2ccc(Br)cc21. The van der Waals surface area contributed by atoms with E-state index in [1.807, 2.05) is 0 Å². The molecule has 0 aliphatic rings. The molecule has 1 aromatic heterocycles. The van der Waals surface area contributed by atoms with Gasteiger partial charge in [-0.2, -0.15) is 0 Å². The minimum atomic E-state index is -0.617. The van der Waals surface area contributed by atoms with Crippen LogP contribution >= 0.6 is 15.9 Å². The highest BCUT2D eigenvalue weighted by Gasteiger charge is 2.19. The van der Waals surface area contributed by atoms with Gasteiger partial charge < -0.3 is 9.30 Å². The number of esters is 1. The van der Waals surface area contributed by atoms with E-state index >= 15 is 0 Å². The van der Waals surface area contributed by atoms with Crippen molar-refractivity contribution in [2.24, 2.45) is 0 Å². The number of carbonyl (C=O) groups excluding carboxylic acids is 1. The molecule has 0 bridgehead atoms. The number of fused-ring (bicyclic) bond motifs is 2. The molecule has 0 atom stereocenters. The standard InChI is InChI=1S/C19H17BrFNO3/c1-19(2,3)25-17(23)10-22-15-7-5-12(21)9-14(15)18(24)13-6-4-11(20)8-16(13)22/h4-9H,10H2,1-3H3. The van der Waals surface area contributed by atoms with Gasteiger partial charge in [-0.1, -0.05) is 15.9 Å². The van der Waals surface area contributed by atoms with E-state index in [1.54, 1.807) is 43.5 Å². The number of halogens is 2. The number of nitrogens with zero attached hydrogens (tertiary/aromatic N) is 1. The summed E-state index contributed by atoms with van der Waals surface area (Å²) in [6.07, 6.45) is 0. The maximum atomic E-state index is 13.7. The quantitative estimate of drug-likeness (QED) is 0.468. The van der Waals surface area contributed by atoms with Gasteiger partial charge >= 0.3 is 5.97 Å². The Morgan fingerprint density at radius 2 is 1.84 bits per heavy atom. The summed E-state index contributed by atoms with van der Waals surface area (Å²) in [6, 6.07) is 9.16. The van der Waals surface area contributed by atoms with Gasteiger partial charge in [0.05, 0.1) is 11.0 Å². The summed E-state index contributed by atoms with van der Waals surface area (Å²) in [4.78, 5) is 25.1. The van der Waals surface area contributed by atoms with Crippen molar-refractivity contribution >= 4 is 43.7 Å². The molecule has 0 aliphatic carbocycles. The van der Waals surface area contributed by atoms with Gasteiger partial charge in [-0.05, 0) is 57.2 Å². The maximum absolute atomic E-state index is 13.7. The zero-order valence-electron chi connectivity index (χ0n) is 14.1. The fourth-order valence-corrected chi connectivity index (χ4v) is 3.14. The molecule has 0 saturated heterocycles. The molecule has 0 amide bonds. The molecule has 0 fully saturated rings. The topological polar surface area (TPSA) is 48.3 Å². The predicted molar refractivity (Wildman–Crippen MR) is 99.2 cm³/mol. The molecule has 2 aromatic carbocycles. The molecule has 0 saturated carbocycles. The molecule has 0 radical (unpaired) electrons. The van der Waals surface area contributed by atoms with Crippen LogP contribution in [0, 0.1) is 5.82 Å². The fraction of sp³-hybridized carbons (Fsp3) is 0.263. The van der Waals surface area contributed by atoms with E-state index in [2.05, 4.69) is 15.9 Å². The molecular formula is C19H17BrFNO3. The Morgan fingerprint density at radius 3 is 2.52 bits per heavy atom. The molecule has 1 heterocycles. The first-order valence-electron chi connectivity index (χ1n) is 7.79. The lowest BCUT2D eigenvalue weighted by molar-refractivity contribution is -0.155. The molecule has 0 N–H and O–H groups in total. The largest absolute Gasteiger partial charge is 0.459 e. The Morgan fingerprint density at radius 1 is 1.12 bits per heavy atom. The Balaban J connectivity index is 2.29. The summed E-state index contributed by atoms with van der Waals surface area (Å²) in [6.45, 7) is 5.29. The van der Waals surface area contributed by atoms with Crippen LogP contribution in [-0.2, 0) is 16.1 Å². The molecule has 0 aliphatic heterocycles. The summed E-state index contributed by atoms with van der Waals surface area (Å²) >= 11 is 3.39. The van der Waals surface area contributed by atoms with Crippen LogP contribution in [0.1, 0.15) is 20.8 Å². The van der Waals surface area contributed by atoms with Crippen LogP contribution in [0.15, 0.2) is 45.7 Å². The molecule has 4 nitrogen and oxygen atoms in total. The Labute approximate surface area is 152 Å². The second-order valence-corrected chi connectivity index (χ2v) is 7.74. The van der Waals surface area contributed by atoms with E-state index in [4.69, 9.17) is 4.74 Å². The van der Waals surface area contributed by atoms with Crippen molar-refractivity contribution in [2.45, 2.75) is 32.9 Å². The third kappa shape index (κ3) is 3.58. The lowest BCUT2D eigenvalue weighted by atomic mass is 10.1. The first kappa shape index (κ1) is 17.6. The number of hydrogen-bond donors (Lipinski definition) is 0. The first-order chi connectivity index (χ1) is 11.7. The van der Waals surface area contributed by atoms with Gasteiger partial charge in [-0.3, -0.25) is 9.59 Å². The van der Waals surface area contributed by atoms with Gasteiger partial charge in [0.25, 0.3) is 0 Å². The highest BCUT2D eigenvalue weighted by Crippen LogP contribution is 2.23. The number of pyridine rings is 1. The van der Waals surface area contributed by atoms with E-state index < -0.39 is 17.4 Å². The van der Waals surface area contributed by atoms with Gasteiger partial charge in [-0.15, -0.1) is 0 Å². The molecule has 130 valence electrons. The average molecular weight is 406 g/mol. The number of benzene rings is 2. The van der Waals surface area contributed by atoms with E-state index in [0.717, 1.165) is 4.47 Å². The van der Waals surface area contributed by atoms with Crippen molar-refractivity contribution in [3.8, 4) is 0 Å². The Bertz CT molecular complexity index is 1050. The van der Waals surface area contributed by atoms with Crippen LogP contribution < -0.4 is 5.43 Å². The van der Waals surface area contributed by atoms with Crippen LogP contribution in [-0.4, -0.2) is 16.1 Å². The molecule has 0 unspecified atom stereocenters. The first-order valence-corrected chi connectivity index (χ1v) is 8.58. The molecule has 0 spiro atoms. The van der Waals surface area contributed by atoms with Crippen LogP contribution in [0.5, 0.6) is 0 Å². The number of carbonyl (C=O) groups is 1. The van der Waals surface area contributed by atoms with Crippen molar-refractivity contribution in [3.63, 3.8) is 0 Å². The minimum absolute atomic E-state index is 0.0768. The third-order valence-electron chi connectivity index (χ3n) is 3.70. The summed E-state index contributed by atoms with van der Waals surface area (Å²) < 4.78 is 21.5. The van der Waals surface area contributed by atoms with Crippen LogP contribution in [0.25, 0.3) is 21.8 Å². The second-order valence-electron chi connectivity index (χ2n) is 6.82. The van der Waals surface area contributed by atoms with Crippen molar-refractivity contribution in [1.29, 1.82) is 0 Å². The lowest BCUT2D eigenvalue weighted by Crippen LogP contribution is -2.27. The summed E-state index contributed by atoms with van der Waals surface area (Å²) in [7, 11) is 0. The van der Waals surface area contributed by atoms with E-state index in [1.165, 1.54) is 18.2 Å². The van der Waals surface area contributed by atoms with Gasteiger partial charge in [0.2, 0.25) is 0 Å². The number of aromatic nitrogens is 1. The van der Waals surface area contributed by atoms with Gasteiger partial charge in [0.1, 0.15) is 18.0 Å². The predicted octanol–water partition coefficient (Wildman–Crippen LogP) is 4.40. The molecular weight excluding hydrogens is 389 g/mol. The number of hydrogen-bond acceptors (Lipinski definition) is 3. The zero-order valence-corrected chi connectivity index (χ0v) is 15.7. The summed E-state index contributed by atoms with van der Waals surface area (Å²) in [5.41, 5.74) is 0.193. The highest BCUT2D eigenvalue weighted by molar-refractivity contribution is 9.10. The smallest absolute Gasteiger partial charge is 0.326 e. The molecule has 3 rings (SSSR count). The second kappa shape index (κ2) is 6.26. The molecule has 6 heteroatoms. The highest BCUT2D eigenvalue weighted by atomic mass is 79.9. The van der Waals surface area contributed by atoms with Gasteiger partial charge in [-0.25, -0.2) is 4.39 Å². The van der Waals surface area contributed by atoms with Gasteiger partial charge in [0.15, 0.2) is 5.43 Å². The summed E-state index contributed by atoms with van der Waals surface area (Å²) in [5.74, 6) is -0.923. The monoisotopic (exact) mass is 405 g/mol. The number of ether oxygens (including phenoxy) is 1. The minimum Gasteiger partial charge on any atom is -0.459 e. The van der Waals surface area contributed by atoms with Crippen molar-refractivity contribution in [3.05, 3.63) is 56.9 Å². The van der Waals surface area contributed by atoms with Crippen molar-refractivity contribution in [1.82, 2.24) is 4.57 Å². The normalized spacial score (nSPS) is 11.9. The van der Waals surface area contributed by atoms with E-state index in [0.29, 0.717) is 16.4 Å². The van der Waals surface area contributed by atoms with E-state index in [9.17, 15) is 14.0 Å². The zero-order chi connectivity index (χ0) is 18.4. The average Bonchev–Trinajstić information content (AvgIpc) is 2.49. The van der Waals surface area contributed by atoms with Crippen molar-refractivity contribution in [2.75, 3.05) is 0 Å². The molecule has 25 heavy (non-hydrogen) atoms. The van der Waals surface area contributed by atoms with Crippen molar-refractivity contribution < 1.29 is 13.9 Å². The maximum Gasteiger partial charge on any atom is 0.326 e. The Hall–Kier alpha value is -2.21. The molecule has 3 aromatic rings.